The quantitative estimate of drug-likeness (QED) is 0.915. The number of carboxylic acid groups (broad SMARTS) is 1. The van der Waals surface area contributed by atoms with Crippen LogP contribution in [-0.4, -0.2) is 20.9 Å². The second-order valence-corrected chi connectivity index (χ2v) is 4.61. The fourth-order valence-corrected chi connectivity index (χ4v) is 1.98. The molecule has 2 aromatic heterocycles. The number of carboxylic acids is 1. The lowest BCUT2D eigenvalue weighted by Crippen LogP contribution is -2.08. The Morgan fingerprint density at radius 3 is 3.06 bits per heavy atom. The van der Waals surface area contributed by atoms with Crippen LogP contribution in [0.15, 0.2) is 24.5 Å². The maximum atomic E-state index is 10.4. The van der Waals surface area contributed by atoms with Crippen LogP contribution in [0.3, 0.4) is 0 Å². The largest absolute Gasteiger partial charge is 0.480 e. The molecule has 84 valence electrons. The van der Waals surface area contributed by atoms with Gasteiger partial charge in [-0.1, -0.05) is 22.9 Å². The lowest BCUT2D eigenvalue weighted by atomic mass is 10.6. The third-order valence-electron chi connectivity index (χ3n) is 1.67. The van der Waals surface area contributed by atoms with Gasteiger partial charge in [0.1, 0.15) is 6.54 Å². The topological polar surface area (TPSA) is 64.3 Å². The van der Waals surface area contributed by atoms with E-state index in [4.69, 9.17) is 21.4 Å². The van der Waals surface area contributed by atoms with Gasteiger partial charge >= 0.3 is 5.97 Å². The van der Waals surface area contributed by atoms with Gasteiger partial charge in [-0.05, 0) is 12.1 Å². The molecule has 0 amide bonds. The zero-order chi connectivity index (χ0) is 11.5. The fourth-order valence-electron chi connectivity index (χ4n) is 1.09. The highest BCUT2D eigenvalue weighted by Crippen LogP contribution is 2.31. The Morgan fingerprint density at radius 1 is 1.62 bits per heavy atom. The smallest absolute Gasteiger partial charge is 0.325 e. The minimum atomic E-state index is -0.950. The molecule has 0 saturated carbocycles. The van der Waals surface area contributed by atoms with Crippen molar-refractivity contribution in [3.63, 3.8) is 0 Å². The summed E-state index contributed by atoms with van der Waals surface area (Å²) in [6.07, 6.45) is 2.97. The second kappa shape index (κ2) is 4.54. The predicted molar refractivity (Wildman–Crippen MR) is 59.3 cm³/mol. The Bertz CT molecular complexity index is 508. The zero-order valence-corrected chi connectivity index (χ0v) is 9.53. The molecule has 0 fully saturated rings. The first-order valence-corrected chi connectivity index (χ1v) is 5.50. The molecular weight excluding hydrogens is 252 g/mol. The van der Waals surface area contributed by atoms with Crippen molar-refractivity contribution >= 4 is 28.9 Å². The van der Waals surface area contributed by atoms with Crippen LogP contribution in [0.5, 0.6) is 10.8 Å². The molecule has 0 atom stereocenters. The van der Waals surface area contributed by atoms with E-state index in [1.165, 1.54) is 28.4 Å². The van der Waals surface area contributed by atoms with E-state index in [1.54, 1.807) is 12.1 Å². The molecule has 5 nitrogen and oxygen atoms in total. The van der Waals surface area contributed by atoms with Gasteiger partial charge in [-0.15, -0.1) is 0 Å². The molecule has 0 aliphatic carbocycles. The average Bonchev–Trinajstić information content (AvgIpc) is 2.76. The van der Waals surface area contributed by atoms with Crippen molar-refractivity contribution in [3.05, 3.63) is 28.9 Å². The molecule has 16 heavy (non-hydrogen) atoms. The highest BCUT2D eigenvalue weighted by atomic mass is 35.5. The number of aliphatic carboxylic acids is 1. The average molecular weight is 259 g/mol. The molecule has 2 aromatic rings. The SMILES string of the molecule is O=C(O)Cn1cc(Oc2ccc(Cl)s2)cn1. The molecular formula is C9H7ClN2O3S. The number of carbonyl (C=O) groups is 1. The summed E-state index contributed by atoms with van der Waals surface area (Å²) >= 11 is 7.04. The number of hydrogen-bond donors (Lipinski definition) is 1. The number of nitrogens with zero attached hydrogens (tertiary/aromatic N) is 2. The zero-order valence-electron chi connectivity index (χ0n) is 7.96. The van der Waals surface area contributed by atoms with Gasteiger partial charge in [0.15, 0.2) is 10.8 Å². The summed E-state index contributed by atoms with van der Waals surface area (Å²) in [5.41, 5.74) is 0. The molecule has 0 aliphatic rings. The van der Waals surface area contributed by atoms with Crippen molar-refractivity contribution in [1.82, 2.24) is 9.78 Å². The second-order valence-electron chi connectivity index (χ2n) is 2.93. The van der Waals surface area contributed by atoms with Crippen molar-refractivity contribution in [1.29, 1.82) is 0 Å². The maximum absolute atomic E-state index is 10.4. The van der Waals surface area contributed by atoms with Crippen molar-refractivity contribution in [3.8, 4) is 10.8 Å². The van der Waals surface area contributed by atoms with E-state index in [0.717, 1.165) is 0 Å². The van der Waals surface area contributed by atoms with E-state index in [2.05, 4.69) is 5.10 Å². The van der Waals surface area contributed by atoms with E-state index >= 15 is 0 Å². The van der Waals surface area contributed by atoms with Crippen LogP contribution in [0.2, 0.25) is 4.34 Å². The standard InChI is InChI=1S/C9H7ClN2O3S/c10-7-1-2-9(16-7)15-6-3-11-12(4-6)5-8(13)14/h1-4H,5H2,(H,13,14). The van der Waals surface area contributed by atoms with Crippen molar-refractivity contribution in [2.45, 2.75) is 6.54 Å². The van der Waals surface area contributed by atoms with E-state index in [1.807, 2.05) is 0 Å². The van der Waals surface area contributed by atoms with Gasteiger partial charge in [0, 0.05) is 0 Å². The minimum Gasteiger partial charge on any atom is -0.480 e. The molecule has 0 bridgehead atoms. The Morgan fingerprint density at radius 2 is 2.44 bits per heavy atom. The van der Waals surface area contributed by atoms with Gasteiger partial charge in [0.05, 0.1) is 16.7 Å². The van der Waals surface area contributed by atoms with Gasteiger partial charge in [0.2, 0.25) is 0 Å². The Hall–Kier alpha value is -1.53. The molecule has 0 aliphatic heterocycles. The van der Waals surface area contributed by atoms with Gasteiger partial charge < -0.3 is 9.84 Å². The number of halogens is 1. The first-order valence-electron chi connectivity index (χ1n) is 4.31. The van der Waals surface area contributed by atoms with Crippen LogP contribution < -0.4 is 4.74 Å². The monoisotopic (exact) mass is 258 g/mol. The number of hydrogen-bond acceptors (Lipinski definition) is 4. The first-order chi connectivity index (χ1) is 7.63. The van der Waals surface area contributed by atoms with Crippen molar-refractivity contribution < 1.29 is 14.6 Å². The summed E-state index contributed by atoms with van der Waals surface area (Å²) in [4.78, 5) is 10.4. The van der Waals surface area contributed by atoms with Crippen LogP contribution in [0, 0.1) is 0 Å². The van der Waals surface area contributed by atoms with Gasteiger partial charge in [-0.25, -0.2) is 0 Å². The normalized spacial score (nSPS) is 10.3. The van der Waals surface area contributed by atoms with E-state index in [-0.39, 0.29) is 6.54 Å². The van der Waals surface area contributed by atoms with Crippen LogP contribution in [0.25, 0.3) is 0 Å². The summed E-state index contributed by atoms with van der Waals surface area (Å²) < 4.78 is 7.34. The number of ether oxygens (including phenoxy) is 1. The molecule has 0 saturated heterocycles. The Labute approximate surface area is 99.8 Å². The summed E-state index contributed by atoms with van der Waals surface area (Å²) in [7, 11) is 0. The Balaban J connectivity index is 2.05. The summed E-state index contributed by atoms with van der Waals surface area (Å²) in [5, 5.41) is 13.0. The lowest BCUT2D eigenvalue weighted by Gasteiger charge is -1.96. The summed E-state index contributed by atoms with van der Waals surface area (Å²) in [5.74, 6) is -0.464. The van der Waals surface area contributed by atoms with Gasteiger partial charge in [0.25, 0.3) is 0 Å². The molecule has 2 heterocycles. The maximum Gasteiger partial charge on any atom is 0.325 e. The molecule has 0 aromatic carbocycles. The summed E-state index contributed by atoms with van der Waals surface area (Å²) in [6.45, 7) is -0.186. The van der Waals surface area contributed by atoms with Crippen LogP contribution in [0.1, 0.15) is 0 Å². The number of aromatic nitrogens is 2. The fraction of sp³-hybridized carbons (Fsp3) is 0.111. The molecule has 7 heteroatoms. The van der Waals surface area contributed by atoms with E-state index in [9.17, 15) is 4.79 Å². The third kappa shape index (κ3) is 2.74. The molecule has 0 spiro atoms. The molecule has 0 unspecified atom stereocenters. The third-order valence-corrected chi connectivity index (χ3v) is 2.78. The van der Waals surface area contributed by atoms with Crippen LogP contribution in [0.4, 0.5) is 0 Å². The van der Waals surface area contributed by atoms with Crippen molar-refractivity contribution in [2.75, 3.05) is 0 Å². The molecule has 2 rings (SSSR count). The molecule has 1 N–H and O–H groups in total. The number of thiophene rings is 1. The minimum absolute atomic E-state index is 0.186. The van der Waals surface area contributed by atoms with E-state index < -0.39 is 5.97 Å². The summed E-state index contributed by atoms with van der Waals surface area (Å²) in [6, 6.07) is 3.46. The predicted octanol–water partition coefficient (Wildman–Crippen LogP) is 2.47. The van der Waals surface area contributed by atoms with Crippen LogP contribution in [-0.2, 0) is 11.3 Å². The van der Waals surface area contributed by atoms with Crippen LogP contribution >= 0.6 is 22.9 Å². The lowest BCUT2D eigenvalue weighted by molar-refractivity contribution is -0.137. The molecule has 0 radical (unpaired) electrons. The van der Waals surface area contributed by atoms with E-state index in [0.29, 0.717) is 15.1 Å². The first kappa shape index (κ1) is 11.0. The number of rotatable bonds is 4. The van der Waals surface area contributed by atoms with Gasteiger partial charge in [-0.3, -0.25) is 9.48 Å². The Kier molecular flexibility index (Phi) is 3.12. The highest BCUT2D eigenvalue weighted by molar-refractivity contribution is 7.17. The highest BCUT2D eigenvalue weighted by Gasteiger charge is 2.05. The van der Waals surface area contributed by atoms with Gasteiger partial charge in [-0.2, -0.15) is 5.10 Å². The van der Waals surface area contributed by atoms with Crippen molar-refractivity contribution in [2.24, 2.45) is 0 Å².